The highest BCUT2D eigenvalue weighted by atomic mass is 35.5. The van der Waals surface area contributed by atoms with Crippen molar-refractivity contribution >= 4 is 33.4 Å². The molecule has 4 aromatic rings. The molecule has 3 nitrogen and oxygen atoms in total. The van der Waals surface area contributed by atoms with E-state index in [0.717, 1.165) is 27.4 Å². The third-order valence-corrected chi connectivity index (χ3v) is 4.05. The van der Waals surface area contributed by atoms with Gasteiger partial charge >= 0.3 is 0 Å². The van der Waals surface area contributed by atoms with Crippen LogP contribution in [0.25, 0.3) is 32.9 Å². The van der Waals surface area contributed by atoms with Crippen LogP contribution in [0.4, 0.5) is 0 Å². The van der Waals surface area contributed by atoms with E-state index in [-0.39, 0.29) is 5.56 Å². The molecule has 0 saturated carbocycles. The lowest BCUT2D eigenvalue weighted by atomic mass is 10.0. The standard InChI is InChI=1S/C17H11ClN2O/c18-14-4-2-1-3-11(14)10-5-6-15-13(9-10)12-7-8-19-16(12)17(21)20-15/h1-9,19H,(H,20,21). The number of hydrogen-bond donors (Lipinski definition) is 2. The number of rotatable bonds is 1. The summed E-state index contributed by atoms with van der Waals surface area (Å²) in [5.41, 5.74) is 3.33. The van der Waals surface area contributed by atoms with Crippen molar-refractivity contribution in [1.82, 2.24) is 9.97 Å². The van der Waals surface area contributed by atoms with Crippen molar-refractivity contribution in [2.24, 2.45) is 0 Å². The van der Waals surface area contributed by atoms with Gasteiger partial charge < -0.3 is 9.97 Å². The van der Waals surface area contributed by atoms with E-state index in [9.17, 15) is 4.79 Å². The van der Waals surface area contributed by atoms with Gasteiger partial charge in [-0.2, -0.15) is 0 Å². The van der Waals surface area contributed by atoms with E-state index in [1.165, 1.54) is 0 Å². The Morgan fingerprint density at radius 3 is 2.67 bits per heavy atom. The first kappa shape index (κ1) is 12.2. The summed E-state index contributed by atoms with van der Waals surface area (Å²) >= 11 is 6.27. The molecule has 2 N–H and O–H groups in total. The predicted molar refractivity (Wildman–Crippen MR) is 86.9 cm³/mol. The molecule has 0 spiro atoms. The Bertz CT molecular complexity index is 1030. The number of fused-ring (bicyclic) bond motifs is 3. The van der Waals surface area contributed by atoms with Crippen LogP contribution in [-0.4, -0.2) is 9.97 Å². The van der Waals surface area contributed by atoms with Crippen LogP contribution in [0.3, 0.4) is 0 Å². The number of benzene rings is 2. The average Bonchev–Trinajstić information content (AvgIpc) is 2.98. The summed E-state index contributed by atoms with van der Waals surface area (Å²) in [4.78, 5) is 17.8. The number of H-pyrrole nitrogens is 2. The zero-order chi connectivity index (χ0) is 14.4. The number of aromatic nitrogens is 2. The molecule has 2 heterocycles. The lowest BCUT2D eigenvalue weighted by Crippen LogP contribution is -2.05. The monoisotopic (exact) mass is 294 g/mol. The van der Waals surface area contributed by atoms with E-state index in [4.69, 9.17) is 11.6 Å². The molecule has 0 saturated heterocycles. The summed E-state index contributed by atoms with van der Waals surface area (Å²) in [5.74, 6) is 0. The summed E-state index contributed by atoms with van der Waals surface area (Å²) in [6.07, 6.45) is 1.78. The smallest absolute Gasteiger partial charge is 0.272 e. The molecule has 0 aliphatic carbocycles. The fourth-order valence-electron chi connectivity index (χ4n) is 2.71. The second kappa shape index (κ2) is 4.50. The normalized spacial score (nSPS) is 11.3. The van der Waals surface area contributed by atoms with E-state index in [1.54, 1.807) is 6.20 Å². The molecule has 21 heavy (non-hydrogen) atoms. The molecule has 0 aliphatic heterocycles. The molecule has 0 aliphatic rings. The van der Waals surface area contributed by atoms with Crippen molar-refractivity contribution in [2.45, 2.75) is 0 Å². The first-order valence-corrected chi connectivity index (χ1v) is 7.00. The molecule has 0 atom stereocenters. The second-order valence-electron chi connectivity index (χ2n) is 4.96. The van der Waals surface area contributed by atoms with Gasteiger partial charge in [0.15, 0.2) is 0 Å². The minimum absolute atomic E-state index is 0.104. The van der Waals surface area contributed by atoms with Gasteiger partial charge in [-0.15, -0.1) is 0 Å². The molecule has 102 valence electrons. The number of pyridine rings is 1. The molecule has 4 rings (SSSR count). The van der Waals surface area contributed by atoms with Crippen molar-refractivity contribution in [1.29, 1.82) is 0 Å². The zero-order valence-electron chi connectivity index (χ0n) is 11.0. The topological polar surface area (TPSA) is 48.6 Å². The van der Waals surface area contributed by atoms with Gasteiger partial charge in [0, 0.05) is 33.1 Å². The Labute approximate surface area is 125 Å². The second-order valence-corrected chi connectivity index (χ2v) is 5.37. The van der Waals surface area contributed by atoms with Gasteiger partial charge in [0.1, 0.15) is 5.52 Å². The highest BCUT2D eigenvalue weighted by Crippen LogP contribution is 2.31. The largest absolute Gasteiger partial charge is 0.357 e. The van der Waals surface area contributed by atoms with E-state index in [2.05, 4.69) is 16.0 Å². The van der Waals surface area contributed by atoms with Crippen LogP contribution in [0.15, 0.2) is 59.5 Å². The highest BCUT2D eigenvalue weighted by molar-refractivity contribution is 6.33. The van der Waals surface area contributed by atoms with Crippen molar-refractivity contribution in [3.8, 4) is 11.1 Å². The third kappa shape index (κ3) is 1.86. The fraction of sp³-hybridized carbons (Fsp3) is 0. The number of hydrogen-bond acceptors (Lipinski definition) is 1. The minimum atomic E-state index is -0.104. The predicted octanol–water partition coefficient (Wildman–Crippen LogP) is 4.33. The van der Waals surface area contributed by atoms with Crippen molar-refractivity contribution < 1.29 is 0 Å². The van der Waals surface area contributed by atoms with Crippen molar-refractivity contribution in [2.75, 3.05) is 0 Å². The Morgan fingerprint density at radius 1 is 0.952 bits per heavy atom. The van der Waals surface area contributed by atoms with Crippen LogP contribution in [0.1, 0.15) is 0 Å². The van der Waals surface area contributed by atoms with Crippen LogP contribution >= 0.6 is 11.6 Å². The first-order chi connectivity index (χ1) is 10.2. The van der Waals surface area contributed by atoms with E-state index in [1.807, 2.05) is 42.5 Å². The fourth-order valence-corrected chi connectivity index (χ4v) is 2.95. The lowest BCUT2D eigenvalue weighted by Gasteiger charge is -2.07. The van der Waals surface area contributed by atoms with E-state index in [0.29, 0.717) is 10.5 Å². The summed E-state index contributed by atoms with van der Waals surface area (Å²) in [6, 6.07) is 15.6. The maximum Gasteiger partial charge on any atom is 0.272 e. The lowest BCUT2D eigenvalue weighted by molar-refractivity contribution is 1.31. The maximum absolute atomic E-state index is 12.0. The van der Waals surface area contributed by atoms with Crippen LogP contribution in [0.2, 0.25) is 5.02 Å². The Balaban J connectivity index is 2.08. The van der Waals surface area contributed by atoms with Crippen LogP contribution in [-0.2, 0) is 0 Å². The van der Waals surface area contributed by atoms with Crippen molar-refractivity contribution in [3.63, 3.8) is 0 Å². The molecular weight excluding hydrogens is 284 g/mol. The molecule has 0 unspecified atom stereocenters. The van der Waals surface area contributed by atoms with Crippen molar-refractivity contribution in [3.05, 3.63) is 70.1 Å². The SMILES string of the molecule is O=c1[nH]c2ccc(-c3ccccc3Cl)cc2c2cc[nH]c12. The summed E-state index contributed by atoms with van der Waals surface area (Å²) < 4.78 is 0. The average molecular weight is 295 g/mol. The van der Waals surface area contributed by atoms with Crippen LogP contribution in [0.5, 0.6) is 0 Å². The molecule has 4 heteroatoms. The van der Waals surface area contributed by atoms with Gasteiger partial charge in [-0.25, -0.2) is 0 Å². The van der Waals surface area contributed by atoms with E-state index >= 15 is 0 Å². The Kier molecular flexibility index (Phi) is 2.62. The Hall–Kier alpha value is -2.52. The quantitative estimate of drug-likeness (QED) is 0.539. The molecular formula is C17H11ClN2O. The molecule has 0 amide bonds. The van der Waals surface area contributed by atoms with E-state index < -0.39 is 0 Å². The van der Waals surface area contributed by atoms with Gasteiger partial charge in [0.05, 0.1) is 0 Å². The zero-order valence-corrected chi connectivity index (χ0v) is 11.7. The maximum atomic E-state index is 12.0. The van der Waals surface area contributed by atoms with Gasteiger partial charge in [-0.1, -0.05) is 35.9 Å². The number of nitrogens with one attached hydrogen (secondary N) is 2. The molecule has 2 aromatic heterocycles. The first-order valence-electron chi connectivity index (χ1n) is 6.62. The number of halogens is 1. The van der Waals surface area contributed by atoms with Gasteiger partial charge in [-0.3, -0.25) is 4.79 Å². The summed E-state index contributed by atoms with van der Waals surface area (Å²) in [7, 11) is 0. The molecule has 0 fully saturated rings. The highest BCUT2D eigenvalue weighted by Gasteiger charge is 2.08. The van der Waals surface area contributed by atoms with Gasteiger partial charge in [0.2, 0.25) is 0 Å². The molecule has 0 bridgehead atoms. The third-order valence-electron chi connectivity index (χ3n) is 3.72. The molecule has 2 aromatic carbocycles. The Morgan fingerprint density at radius 2 is 1.81 bits per heavy atom. The van der Waals surface area contributed by atoms with Gasteiger partial charge in [-0.05, 0) is 29.8 Å². The molecule has 0 radical (unpaired) electrons. The summed E-state index contributed by atoms with van der Waals surface area (Å²) in [6.45, 7) is 0. The minimum Gasteiger partial charge on any atom is -0.357 e. The van der Waals surface area contributed by atoms with Gasteiger partial charge in [0.25, 0.3) is 5.56 Å². The van der Waals surface area contributed by atoms with Crippen LogP contribution < -0.4 is 5.56 Å². The number of aromatic amines is 2. The summed E-state index contributed by atoms with van der Waals surface area (Å²) in [5, 5.41) is 2.64. The van der Waals surface area contributed by atoms with Crippen LogP contribution in [0, 0.1) is 0 Å².